The molecule has 1 saturated heterocycles. The van der Waals surface area contributed by atoms with Gasteiger partial charge in [-0.1, -0.05) is 19.8 Å². The summed E-state index contributed by atoms with van der Waals surface area (Å²) in [6, 6.07) is 2.15. The first-order valence-electron chi connectivity index (χ1n) is 7.06. The van der Waals surface area contributed by atoms with Crippen LogP contribution in [0.2, 0.25) is 0 Å². The summed E-state index contributed by atoms with van der Waals surface area (Å²) < 4.78 is 0. The molecule has 96 valence electrons. The summed E-state index contributed by atoms with van der Waals surface area (Å²) in [5.41, 5.74) is 0. The van der Waals surface area contributed by atoms with E-state index >= 15 is 0 Å². The Morgan fingerprint density at radius 1 is 1.06 bits per heavy atom. The quantitative estimate of drug-likeness (QED) is 0.665. The number of rotatable bonds is 5. The van der Waals surface area contributed by atoms with E-state index in [-0.39, 0.29) is 0 Å². The van der Waals surface area contributed by atoms with Crippen LogP contribution in [0.4, 0.5) is 0 Å². The molecule has 2 atom stereocenters. The Morgan fingerprint density at radius 3 is 2.06 bits per heavy atom. The van der Waals surface area contributed by atoms with E-state index in [1.54, 1.807) is 0 Å². The van der Waals surface area contributed by atoms with Crippen LogP contribution in [0.25, 0.3) is 0 Å². The fourth-order valence-electron chi connectivity index (χ4n) is 2.80. The Bertz CT molecular complexity index is 179. The number of hydrogen-bond acceptors (Lipinski definition) is 2. The standard InChI is InChI=1S/C14H30N2/c1-6-7-8-9-16-13(4)10-15(12(2)3)11-14(16)5/h12-14H,6-11H2,1-5H3/t13-,14+. The van der Waals surface area contributed by atoms with Gasteiger partial charge in [-0.25, -0.2) is 0 Å². The van der Waals surface area contributed by atoms with Crippen LogP contribution in [-0.2, 0) is 0 Å². The molecule has 0 amide bonds. The van der Waals surface area contributed by atoms with E-state index in [1.165, 1.54) is 38.9 Å². The minimum Gasteiger partial charge on any atom is -0.298 e. The van der Waals surface area contributed by atoms with Gasteiger partial charge in [0.25, 0.3) is 0 Å². The summed E-state index contributed by atoms with van der Waals surface area (Å²) in [5.74, 6) is 0. The van der Waals surface area contributed by atoms with Gasteiger partial charge < -0.3 is 0 Å². The van der Waals surface area contributed by atoms with Crippen LogP contribution in [0, 0.1) is 0 Å². The van der Waals surface area contributed by atoms with Crippen molar-refractivity contribution in [1.82, 2.24) is 9.80 Å². The normalized spacial score (nSPS) is 28.9. The van der Waals surface area contributed by atoms with E-state index < -0.39 is 0 Å². The fraction of sp³-hybridized carbons (Fsp3) is 1.00. The van der Waals surface area contributed by atoms with E-state index in [0.717, 1.165) is 12.1 Å². The van der Waals surface area contributed by atoms with Gasteiger partial charge in [0.2, 0.25) is 0 Å². The number of hydrogen-bond donors (Lipinski definition) is 0. The van der Waals surface area contributed by atoms with Crippen molar-refractivity contribution in [3.8, 4) is 0 Å². The third kappa shape index (κ3) is 3.74. The zero-order chi connectivity index (χ0) is 12.1. The third-order valence-electron chi connectivity index (χ3n) is 3.88. The van der Waals surface area contributed by atoms with E-state index in [0.29, 0.717) is 6.04 Å². The van der Waals surface area contributed by atoms with Gasteiger partial charge in [0.15, 0.2) is 0 Å². The van der Waals surface area contributed by atoms with Crippen LogP contribution in [0.1, 0.15) is 53.9 Å². The number of piperazine rings is 1. The minimum atomic E-state index is 0.697. The highest BCUT2D eigenvalue weighted by Crippen LogP contribution is 2.18. The molecule has 0 unspecified atom stereocenters. The zero-order valence-electron chi connectivity index (χ0n) is 11.9. The summed E-state index contributed by atoms with van der Waals surface area (Å²) >= 11 is 0. The summed E-state index contributed by atoms with van der Waals surface area (Å²) in [4.78, 5) is 5.32. The molecule has 0 aromatic rings. The van der Waals surface area contributed by atoms with Crippen molar-refractivity contribution >= 4 is 0 Å². The van der Waals surface area contributed by atoms with Crippen molar-refractivity contribution in [3.63, 3.8) is 0 Å². The maximum absolute atomic E-state index is 2.70. The van der Waals surface area contributed by atoms with Crippen LogP contribution in [-0.4, -0.2) is 47.6 Å². The first kappa shape index (κ1) is 14.0. The van der Waals surface area contributed by atoms with E-state index in [9.17, 15) is 0 Å². The van der Waals surface area contributed by atoms with Gasteiger partial charge in [-0.05, 0) is 40.7 Å². The summed E-state index contributed by atoms with van der Waals surface area (Å²) in [7, 11) is 0. The average Bonchev–Trinajstić information content (AvgIpc) is 2.21. The highest BCUT2D eigenvalue weighted by atomic mass is 15.3. The van der Waals surface area contributed by atoms with Crippen LogP contribution >= 0.6 is 0 Å². The van der Waals surface area contributed by atoms with Gasteiger partial charge in [-0.3, -0.25) is 9.80 Å². The fourth-order valence-corrected chi connectivity index (χ4v) is 2.80. The largest absolute Gasteiger partial charge is 0.298 e. The van der Waals surface area contributed by atoms with Crippen molar-refractivity contribution in [2.24, 2.45) is 0 Å². The molecule has 0 aromatic carbocycles. The van der Waals surface area contributed by atoms with Gasteiger partial charge in [0.05, 0.1) is 0 Å². The second-order valence-corrected chi connectivity index (χ2v) is 5.69. The summed E-state index contributed by atoms with van der Waals surface area (Å²) in [5, 5.41) is 0. The molecular formula is C14H30N2. The SMILES string of the molecule is CCCCCN1[C@H](C)CN(C(C)C)C[C@@H]1C. The second kappa shape index (κ2) is 6.61. The molecule has 0 aliphatic carbocycles. The van der Waals surface area contributed by atoms with Crippen LogP contribution in [0.3, 0.4) is 0 Å². The Kier molecular flexibility index (Phi) is 5.77. The third-order valence-corrected chi connectivity index (χ3v) is 3.88. The predicted octanol–water partition coefficient (Wildman–Crippen LogP) is 2.98. The van der Waals surface area contributed by atoms with Gasteiger partial charge in [0.1, 0.15) is 0 Å². The monoisotopic (exact) mass is 226 g/mol. The summed E-state index contributed by atoms with van der Waals surface area (Å²) in [6.45, 7) is 15.5. The molecule has 1 aliphatic heterocycles. The van der Waals surface area contributed by atoms with Crippen molar-refractivity contribution < 1.29 is 0 Å². The van der Waals surface area contributed by atoms with Crippen LogP contribution < -0.4 is 0 Å². The van der Waals surface area contributed by atoms with Crippen molar-refractivity contribution in [2.45, 2.75) is 72.0 Å². The van der Waals surface area contributed by atoms with E-state index in [2.05, 4.69) is 44.4 Å². The average molecular weight is 226 g/mol. The highest BCUT2D eigenvalue weighted by Gasteiger charge is 2.29. The second-order valence-electron chi connectivity index (χ2n) is 5.69. The highest BCUT2D eigenvalue weighted by molar-refractivity contribution is 4.85. The number of nitrogens with zero attached hydrogens (tertiary/aromatic N) is 2. The van der Waals surface area contributed by atoms with Gasteiger partial charge in [0, 0.05) is 31.2 Å². The Labute approximate surface area is 102 Å². The first-order chi connectivity index (χ1) is 7.56. The topological polar surface area (TPSA) is 6.48 Å². The van der Waals surface area contributed by atoms with Gasteiger partial charge in [-0.2, -0.15) is 0 Å². The maximum atomic E-state index is 2.70. The first-order valence-corrected chi connectivity index (χ1v) is 7.06. The molecule has 1 fully saturated rings. The number of unbranched alkanes of at least 4 members (excludes halogenated alkanes) is 2. The molecule has 1 aliphatic rings. The molecule has 0 bridgehead atoms. The molecular weight excluding hydrogens is 196 g/mol. The molecule has 0 radical (unpaired) electrons. The molecule has 0 N–H and O–H groups in total. The lowest BCUT2D eigenvalue weighted by Crippen LogP contribution is -2.58. The van der Waals surface area contributed by atoms with E-state index in [1.807, 2.05) is 0 Å². The molecule has 1 heterocycles. The smallest absolute Gasteiger partial charge is 0.0198 e. The van der Waals surface area contributed by atoms with Gasteiger partial charge >= 0.3 is 0 Å². The molecule has 0 saturated carbocycles. The molecule has 0 spiro atoms. The van der Waals surface area contributed by atoms with Crippen molar-refractivity contribution in [1.29, 1.82) is 0 Å². The maximum Gasteiger partial charge on any atom is 0.0198 e. The Balaban J connectivity index is 2.42. The lowest BCUT2D eigenvalue weighted by atomic mass is 10.1. The minimum absolute atomic E-state index is 0.697. The van der Waals surface area contributed by atoms with E-state index in [4.69, 9.17) is 0 Å². The Morgan fingerprint density at radius 2 is 1.62 bits per heavy atom. The van der Waals surface area contributed by atoms with Crippen molar-refractivity contribution in [3.05, 3.63) is 0 Å². The lowest BCUT2D eigenvalue weighted by molar-refractivity contribution is 0.0229. The Hall–Kier alpha value is -0.0800. The summed E-state index contributed by atoms with van der Waals surface area (Å²) in [6.07, 6.45) is 4.07. The van der Waals surface area contributed by atoms with Crippen LogP contribution in [0.15, 0.2) is 0 Å². The molecule has 2 heteroatoms. The molecule has 1 rings (SSSR count). The molecule has 16 heavy (non-hydrogen) atoms. The molecule has 2 nitrogen and oxygen atoms in total. The van der Waals surface area contributed by atoms with Gasteiger partial charge in [-0.15, -0.1) is 0 Å². The van der Waals surface area contributed by atoms with Crippen molar-refractivity contribution in [2.75, 3.05) is 19.6 Å². The van der Waals surface area contributed by atoms with Crippen LogP contribution in [0.5, 0.6) is 0 Å². The predicted molar refractivity (Wildman–Crippen MR) is 71.9 cm³/mol. The molecule has 0 aromatic heterocycles. The zero-order valence-corrected chi connectivity index (χ0v) is 11.9. The lowest BCUT2D eigenvalue weighted by Gasteiger charge is -2.46.